The monoisotopic (exact) mass is 261 g/mol. The van der Waals surface area contributed by atoms with Crippen LogP contribution in [0.15, 0.2) is 18.2 Å². The first-order valence-electron chi connectivity index (χ1n) is 5.57. The number of hydrogen-bond acceptors (Lipinski definition) is 5. The number of nitro groups is 1. The van der Waals surface area contributed by atoms with Crippen molar-refractivity contribution in [2.24, 2.45) is 5.41 Å². The van der Waals surface area contributed by atoms with Gasteiger partial charge in [-0.25, -0.2) is 0 Å². The molecular weight excluding hydrogens is 250 g/mol. The third-order valence-corrected chi connectivity index (χ3v) is 3.03. The molecule has 0 spiro atoms. The van der Waals surface area contributed by atoms with Crippen LogP contribution in [0, 0.1) is 26.9 Å². The second kappa shape index (κ2) is 4.57. The highest BCUT2D eigenvalue weighted by Crippen LogP contribution is 2.46. The SMILES string of the molecule is COc1ccc(NC(=O)C2(C#N)CC2)cc1[N+](=O)[O-]. The van der Waals surface area contributed by atoms with Gasteiger partial charge in [0.1, 0.15) is 5.41 Å². The van der Waals surface area contributed by atoms with Gasteiger partial charge in [-0.2, -0.15) is 5.26 Å². The van der Waals surface area contributed by atoms with E-state index in [0.717, 1.165) is 0 Å². The fraction of sp³-hybridized carbons (Fsp3) is 0.333. The third kappa shape index (κ3) is 2.33. The lowest BCUT2D eigenvalue weighted by molar-refractivity contribution is -0.385. The smallest absolute Gasteiger partial charge is 0.312 e. The van der Waals surface area contributed by atoms with Gasteiger partial charge in [-0.3, -0.25) is 14.9 Å². The molecule has 0 bridgehead atoms. The molecule has 1 amide bonds. The summed E-state index contributed by atoms with van der Waals surface area (Å²) in [5.41, 5.74) is -0.921. The minimum atomic E-state index is -0.964. The average molecular weight is 261 g/mol. The lowest BCUT2D eigenvalue weighted by Crippen LogP contribution is -2.22. The van der Waals surface area contributed by atoms with E-state index in [1.54, 1.807) is 0 Å². The van der Waals surface area contributed by atoms with Gasteiger partial charge in [-0.1, -0.05) is 0 Å². The summed E-state index contributed by atoms with van der Waals surface area (Å²) >= 11 is 0. The number of methoxy groups -OCH3 is 1. The van der Waals surface area contributed by atoms with E-state index in [4.69, 9.17) is 10.00 Å². The van der Waals surface area contributed by atoms with Gasteiger partial charge in [0.25, 0.3) is 0 Å². The zero-order valence-corrected chi connectivity index (χ0v) is 10.2. The molecule has 0 heterocycles. The quantitative estimate of drug-likeness (QED) is 0.657. The summed E-state index contributed by atoms with van der Waals surface area (Å²) in [6.07, 6.45) is 1.04. The molecule has 1 aromatic carbocycles. The maximum atomic E-state index is 11.8. The molecule has 0 radical (unpaired) electrons. The predicted molar refractivity (Wildman–Crippen MR) is 65.6 cm³/mol. The summed E-state index contributed by atoms with van der Waals surface area (Å²) < 4.78 is 4.86. The van der Waals surface area contributed by atoms with Crippen molar-refractivity contribution in [2.45, 2.75) is 12.8 Å². The standard InChI is InChI=1S/C12H11N3O4/c1-19-10-3-2-8(6-9(10)15(17)18)14-11(16)12(7-13)4-5-12/h2-3,6H,4-5H2,1H3,(H,14,16). The summed E-state index contributed by atoms with van der Waals surface area (Å²) in [7, 11) is 1.33. The molecule has 7 nitrogen and oxygen atoms in total. The van der Waals surface area contributed by atoms with Crippen molar-refractivity contribution < 1.29 is 14.5 Å². The molecule has 0 atom stereocenters. The van der Waals surface area contributed by atoms with E-state index in [-0.39, 0.29) is 17.1 Å². The Labute approximate surface area is 108 Å². The minimum absolute atomic E-state index is 0.115. The van der Waals surface area contributed by atoms with Crippen molar-refractivity contribution in [1.29, 1.82) is 5.26 Å². The number of nitrogens with zero attached hydrogens (tertiary/aromatic N) is 2. The van der Waals surface area contributed by atoms with Crippen molar-refractivity contribution >= 4 is 17.3 Å². The molecule has 0 unspecified atom stereocenters. The van der Waals surface area contributed by atoms with Crippen LogP contribution in [0.5, 0.6) is 5.75 Å². The Morgan fingerprint density at radius 2 is 2.26 bits per heavy atom. The molecule has 1 aliphatic rings. The van der Waals surface area contributed by atoms with E-state index < -0.39 is 16.2 Å². The van der Waals surface area contributed by atoms with Crippen molar-refractivity contribution in [2.75, 3.05) is 12.4 Å². The molecule has 2 rings (SSSR count). The highest BCUT2D eigenvalue weighted by Gasteiger charge is 2.50. The fourth-order valence-electron chi connectivity index (χ4n) is 1.68. The maximum Gasteiger partial charge on any atom is 0.312 e. The van der Waals surface area contributed by atoms with E-state index in [2.05, 4.69) is 5.32 Å². The summed E-state index contributed by atoms with van der Waals surface area (Å²) in [5, 5.41) is 22.3. The Morgan fingerprint density at radius 1 is 1.58 bits per heavy atom. The number of rotatable bonds is 4. The number of benzene rings is 1. The summed E-state index contributed by atoms with van der Waals surface area (Å²) in [6, 6.07) is 6.07. The van der Waals surface area contributed by atoms with Gasteiger partial charge in [0.2, 0.25) is 5.91 Å². The first-order chi connectivity index (χ1) is 9.02. The van der Waals surface area contributed by atoms with Gasteiger partial charge in [0, 0.05) is 11.8 Å². The Morgan fingerprint density at radius 3 is 2.74 bits per heavy atom. The van der Waals surface area contributed by atoms with Crippen LogP contribution in [0.25, 0.3) is 0 Å². The zero-order chi connectivity index (χ0) is 14.0. The van der Waals surface area contributed by atoms with Gasteiger partial charge in [-0.15, -0.1) is 0 Å². The van der Waals surface area contributed by atoms with Crippen LogP contribution >= 0.6 is 0 Å². The predicted octanol–water partition coefficient (Wildman–Crippen LogP) is 1.85. The van der Waals surface area contributed by atoms with Gasteiger partial charge in [0.15, 0.2) is 5.75 Å². The number of carbonyl (C=O) groups excluding carboxylic acids is 1. The molecular formula is C12H11N3O4. The Bertz CT molecular complexity index is 587. The molecule has 0 aromatic heterocycles. The molecule has 98 valence electrons. The van der Waals surface area contributed by atoms with Crippen LogP contribution in [-0.2, 0) is 4.79 Å². The van der Waals surface area contributed by atoms with Crippen LogP contribution in [0.3, 0.4) is 0 Å². The van der Waals surface area contributed by atoms with E-state index in [9.17, 15) is 14.9 Å². The number of nitro benzene ring substituents is 1. The van der Waals surface area contributed by atoms with Crippen LogP contribution in [-0.4, -0.2) is 17.9 Å². The number of nitrogens with one attached hydrogen (secondary N) is 1. The van der Waals surface area contributed by atoms with Gasteiger partial charge in [-0.05, 0) is 25.0 Å². The van der Waals surface area contributed by atoms with E-state index in [1.807, 2.05) is 6.07 Å². The largest absolute Gasteiger partial charge is 0.490 e. The van der Waals surface area contributed by atoms with Crippen molar-refractivity contribution in [3.8, 4) is 11.8 Å². The second-order valence-corrected chi connectivity index (χ2v) is 4.29. The van der Waals surface area contributed by atoms with E-state index >= 15 is 0 Å². The number of ether oxygens (including phenoxy) is 1. The first-order valence-corrected chi connectivity index (χ1v) is 5.57. The third-order valence-electron chi connectivity index (χ3n) is 3.03. The van der Waals surface area contributed by atoms with Crippen LogP contribution in [0.2, 0.25) is 0 Å². The Kier molecular flexibility index (Phi) is 3.09. The minimum Gasteiger partial charge on any atom is -0.490 e. The number of hydrogen-bond donors (Lipinski definition) is 1. The van der Waals surface area contributed by atoms with Crippen LogP contribution in [0.1, 0.15) is 12.8 Å². The molecule has 1 saturated carbocycles. The summed E-state index contributed by atoms with van der Waals surface area (Å²) in [4.78, 5) is 22.1. The second-order valence-electron chi connectivity index (χ2n) is 4.29. The lowest BCUT2D eigenvalue weighted by Gasteiger charge is -2.09. The number of carbonyl (C=O) groups is 1. The topological polar surface area (TPSA) is 105 Å². The average Bonchev–Trinajstić information content (AvgIpc) is 3.19. The molecule has 0 saturated heterocycles. The molecule has 19 heavy (non-hydrogen) atoms. The van der Waals surface area contributed by atoms with Gasteiger partial charge < -0.3 is 10.1 Å². The fourth-order valence-corrected chi connectivity index (χ4v) is 1.68. The Balaban J connectivity index is 2.23. The van der Waals surface area contributed by atoms with E-state index in [1.165, 1.54) is 25.3 Å². The lowest BCUT2D eigenvalue weighted by atomic mass is 10.1. The highest BCUT2D eigenvalue weighted by atomic mass is 16.6. The zero-order valence-electron chi connectivity index (χ0n) is 10.2. The van der Waals surface area contributed by atoms with Crippen molar-refractivity contribution in [3.63, 3.8) is 0 Å². The number of amides is 1. The molecule has 1 aromatic rings. The molecule has 1 aliphatic carbocycles. The molecule has 1 N–H and O–H groups in total. The Hall–Kier alpha value is -2.62. The van der Waals surface area contributed by atoms with Crippen molar-refractivity contribution in [1.82, 2.24) is 0 Å². The van der Waals surface area contributed by atoms with Gasteiger partial charge in [0.05, 0.1) is 18.1 Å². The summed E-state index contributed by atoms with van der Waals surface area (Å²) in [6.45, 7) is 0. The van der Waals surface area contributed by atoms with E-state index in [0.29, 0.717) is 12.8 Å². The number of nitriles is 1. The van der Waals surface area contributed by atoms with Crippen LogP contribution < -0.4 is 10.1 Å². The van der Waals surface area contributed by atoms with Gasteiger partial charge >= 0.3 is 5.69 Å². The highest BCUT2D eigenvalue weighted by molar-refractivity contribution is 5.99. The van der Waals surface area contributed by atoms with Crippen LogP contribution in [0.4, 0.5) is 11.4 Å². The molecule has 1 fully saturated rings. The normalized spacial score (nSPS) is 15.2. The summed E-state index contributed by atoms with van der Waals surface area (Å²) in [5.74, 6) is -0.307. The first kappa shape index (κ1) is 12.8. The maximum absolute atomic E-state index is 11.8. The number of anilines is 1. The van der Waals surface area contributed by atoms with Crippen molar-refractivity contribution in [3.05, 3.63) is 28.3 Å². The molecule has 0 aliphatic heterocycles. The molecule has 7 heteroatoms.